The van der Waals surface area contributed by atoms with E-state index in [2.05, 4.69) is 20.4 Å². The van der Waals surface area contributed by atoms with Gasteiger partial charge in [-0.3, -0.25) is 14.4 Å². The van der Waals surface area contributed by atoms with Crippen molar-refractivity contribution in [1.82, 2.24) is 0 Å². The first kappa shape index (κ1) is 27.1. The molecule has 1 aliphatic carbocycles. The Morgan fingerprint density at radius 3 is 2.19 bits per heavy atom. The molecule has 0 aromatic rings. The summed E-state index contributed by atoms with van der Waals surface area (Å²) < 4.78 is 37.1. The van der Waals surface area contributed by atoms with Crippen LogP contribution in [0.3, 0.4) is 0 Å². The summed E-state index contributed by atoms with van der Waals surface area (Å²) in [6, 6.07) is 0. The van der Waals surface area contributed by atoms with E-state index in [0.717, 1.165) is 5.57 Å². The van der Waals surface area contributed by atoms with E-state index in [1.807, 2.05) is 6.92 Å². The summed E-state index contributed by atoms with van der Waals surface area (Å²) in [6.07, 6.45) is -0.892. The van der Waals surface area contributed by atoms with Gasteiger partial charge in [0, 0.05) is 52.1 Å². The molecular formula is C27H40O9. The number of carbonyl (C=O) groups excluding carboxylic acids is 3. The first-order valence-corrected chi connectivity index (χ1v) is 12.8. The maximum Gasteiger partial charge on any atom is 0.303 e. The normalized spacial score (nSPS) is 45.5. The van der Waals surface area contributed by atoms with Crippen molar-refractivity contribution in [2.24, 2.45) is 23.7 Å². The Morgan fingerprint density at radius 2 is 1.67 bits per heavy atom. The number of hydrogen-bond acceptors (Lipinski definition) is 9. The highest BCUT2D eigenvalue weighted by Gasteiger charge is 2.73. The Balaban J connectivity index is 1.94. The maximum atomic E-state index is 12.5. The molecule has 0 aromatic heterocycles. The molecule has 0 N–H and O–H groups in total. The first-order valence-electron chi connectivity index (χ1n) is 12.8. The first-order chi connectivity index (χ1) is 16.7. The summed E-state index contributed by atoms with van der Waals surface area (Å²) in [6.45, 7) is 16.2. The number of ether oxygens (including phenoxy) is 6. The van der Waals surface area contributed by atoms with Gasteiger partial charge in [-0.2, -0.15) is 0 Å². The van der Waals surface area contributed by atoms with Crippen LogP contribution in [0, 0.1) is 23.7 Å². The minimum absolute atomic E-state index is 0.0211. The van der Waals surface area contributed by atoms with Gasteiger partial charge in [0.05, 0.1) is 17.8 Å². The zero-order chi connectivity index (χ0) is 26.8. The Hall–Kier alpha value is -1.97. The molecule has 10 atom stereocenters. The van der Waals surface area contributed by atoms with Crippen molar-refractivity contribution in [3.05, 3.63) is 12.2 Å². The fourth-order valence-corrected chi connectivity index (χ4v) is 7.64. The number of methoxy groups -OCH3 is 1. The van der Waals surface area contributed by atoms with Crippen LogP contribution in [0.15, 0.2) is 12.2 Å². The lowest BCUT2D eigenvalue weighted by Gasteiger charge is -2.55. The van der Waals surface area contributed by atoms with E-state index in [-0.39, 0.29) is 23.7 Å². The largest absolute Gasteiger partial charge is 0.458 e. The van der Waals surface area contributed by atoms with E-state index < -0.39 is 59.3 Å². The maximum absolute atomic E-state index is 12.5. The molecule has 3 heterocycles. The van der Waals surface area contributed by atoms with Crippen LogP contribution in [-0.4, -0.2) is 66.4 Å². The predicted octanol–water partition coefficient (Wildman–Crippen LogP) is 3.33. The summed E-state index contributed by atoms with van der Waals surface area (Å²) >= 11 is 0. The number of esters is 3. The quantitative estimate of drug-likeness (QED) is 0.314. The van der Waals surface area contributed by atoms with Gasteiger partial charge in [0.15, 0.2) is 17.5 Å². The van der Waals surface area contributed by atoms with Crippen molar-refractivity contribution < 1.29 is 42.8 Å². The van der Waals surface area contributed by atoms with E-state index in [9.17, 15) is 14.4 Å². The van der Waals surface area contributed by atoms with Crippen LogP contribution < -0.4 is 0 Å². The third-order valence-electron chi connectivity index (χ3n) is 8.83. The highest BCUT2D eigenvalue weighted by molar-refractivity contribution is 5.69. The SMILES string of the molecule is C=C1C[C@H]2O[C@H]([C@@H]3[C@@H](C(C)C)[C@H](OC(C)=O)[C@H](OC(C)=O)[C@@](C)(OC(C)=O)[C@@H]32)[C@]2(C)CC[C@@]1(OC)O2. The zero-order valence-corrected chi connectivity index (χ0v) is 22.6. The minimum Gasteiger partial charge on any atom is -0.458 e. The van der Waals surface area contributed by atoms with Crippen LogP contribution >= 0.6 is 0 Å². The van der Waals surface area contributed by atoms with Crippen LogP contribution in [0.5, 0.6) is 0 Å². The molecule has 0 aromatic carbocycles. The number of carbonyl (C=O) groups is 3. The van der Waals surface area contributed by atoms with E-state index in [4.69, 9.17) is 28.4 Å². The third-order valence-corrected chi connectivity index (χ3v) is 8.83. The highest BCUT2D eigenvalue weighted by atomic mass is 16.7. The molecular weight excluding hydrogens is 468 g/mol. The molecule has 9 heteroatoms. The van der Waals surface area contributed by atoms with E-state index in [1.165, 1.54) is 20.8 Å². The fourth-order valence-electron chi connectivity index (χ4n) is 7.64. The number of fused-ring (bicyclic) bond motifs is 8. The molecule has 202 valence electrons. The van der Waals surface area contributed by atoms with Gasteiger partial charge in [0.25, 0.3) is 0 Å². The molecule has 0 spiro atoms. The molecule has 0 radical (unpaired) electrons. The molecule has 4 aliphatic rings. The number of hydrogen-bond donors (Lipinski definition) is 0. The molecule has 4 fully saturated rings. The van der Waals surface area contributed by atoms with Crippen molar-refractivity contribution in [2.45, 2.75) is 109 Å². The van der Waals surface area contributed by atoms with Crippen molar-refractivity contribution in [3.63, 3.8) is 0 Å². The van der Waals surface area contributed by atoms with Crippen LogP contribution in [-0.2, 0) is 42.8 Å². The van der Waals surface area contributed by atoms with Crippen molar-refractivity contribution in [1.29, 1.82) is 0 Å². The lowest BCUT2D eigenvalue weighted by Crippen LogP contribution is -2.69. The smallest absolute Gasteiger partial charge is 0.303 e. The lowest BCUT2D eigenvalue weighted by molar-refractivity contribution is -0.258. The van der Waals surface area contributed by atoms with Crippen LogP contribution in [0.4, 0.5) is 0 Å². The Morgan fingerprint density at radius 1 is 1.03 bits per heavy atom. The molecule has 9 nitrogen and oxygen atoms in total. The van der Waals surface area contributed by atoms with Gasteiger partial charge in [-0.15, -0.1) is 0 Å². The summed E-state index contributed by atoms with van der Waals surface area (Å²) in [5, 5.41) is 0. The van der Waals surface area contributed by atoms with Crippen molar-refractivity contribution in [2.75, 3.05) is 7.11 Å². The lowest BCUT2D eigenvalue weighted by atomic mass is 9.55. The Labute approximate surface area is 213 Å². The third kappa shape index (κ3) is 4.07. The molecule has 0 amide bonds. The van der Waals surface area contributed by atoms with Gasteiger partial charge in [-0.05, 0) is 38.2 Å². The summed E-state index contributed by atoms with van der Waals surface area (Å²) in [5.74, 6) is -3.33. The van der Waals surface area contributed by atoms with Gasteiger partial charge < -0.3 is 28.4 Å². The van der Waals surface area contributed by atoms with E-state index in [0.29, 0.717) is 19.3 Å². The van der Waals surface area contributed by atoms with Crippen molar-refractivity contribution >= 4 is 17.9 Å². The standard InChI is InChI=1S/C27H40O9/c1-13(2)19-20-21(18-12-14(3)27(31-9)11-10-25(7,36-27)23(20)34-18)26(8,35-17(6)30)24(33-16(5)29)22(19)32-15(4)28/h13,18-24H,3,10-12H2,1-2,4-9H3/t18-,19-,20-,21-,22+,23-,24+,25+,26+,27-/m1/s1. The molecule has 4 rings (SSSR count). The fraction of sp³-hybridized carbons (Fsp3) is 0.815. The van der Waals surface area contributed by atoms with Gasteiger partial charge in [-0.25, -0.2) is 0 Å². The Kier molecular flexibility index (Phi) is 6.84. The molecule has 1 saturated carbocycles. The molecule has 4 bridgehead atoms. The monoisotopic (exact) mass is 508 g/mol. The predicted molar refractivity (Wildman–Crippen MR) is 127 cm³/mol. The summed E-state index contributed by atoms with van der Waals surface area (Å²) in [4.78, 5) is 37.1. The average Bonchev–Trinajstić information content (AvgIpc) is 3.31. The topological polar surface area (TPSA) is 107 Å². The van der Waals surface area contributed by atoms with E-state index >= 15 is 0 Å². The summed E-state index contributed by atoms with van der Waals surface area (Å²) in [7, 11) is 1.63. The zero-order valence-electron chi connectivity index (χ0n) is 22.6. The number of rotatable bonds is 5. The van der Waals surface area contributed by atoms with Crippen LogP contribution in [0.25, 0.3) is 0 Å². The second-order valence-corrected chi connectivity index (χ2v) is 11.6. The average molecular weight is 509 g/mol. The van der Waals surface area contributed by atoms with Gasteiger partial charge in [0.1, 0.15) is 6.10 Å². The second-order valence-electron chi connectivity index (χ2n) is 11.6. The minimum atomic E-state index is -1.33. The summed E-state index contributed by atoms with van der Waals surface area (Å²) in [5.41, 5.74) is -1.28. The molecule has 36 heavy (non-hydrogen) atoms. The highest BCUT2D eigenvalue weighted by Crippen LogP contribution is 2.62. The van der Waals surface area contributed by atoms with Crippen LogP contribution in [0.2, 0.25) is 0 Å². The van der Waals surface area contributed by atoms with Crippen molar-refractivity contribution in [3.8, 4) is 0 Å². The molecule has 0 unspecified atom stereocenters. The molecule has 3 aliphatic heterocycles. The second kappa shape index (κ2) is 9.10. The van der Waals surface area contributed by atoms with E-state index in [1.54, 1.807) is 14.0 Å². The van der Waals surface area contributed by atoms with Gasteiger partial charge in [0.2, 0.25) is 0 Å². The molecule has 3 saturated heterocycles. The van der Waals surface area contributed by atoms with Crippen LogP contribution in [0.1, 0.15) is 67.7 Å². The van der Waals surface area contributed by atoms with Gasteiger partial charge >= 0.3 is 17.9 Å². The Bertz CT molecular complexity index is 946. The van der Waals surface area contributed by atoms with Gasteiger partial charge in [-0.1, -0.05) is 20.4 Å².